The maximum absolute atomic E-state index is 13.1. The van der Waals surface area contributed by atoms with Crippen molar-refractivity contribution in [3.05, 3.63) is 40.3 Å². The summed E-state index contributed by atoms with van der Waals surface area (Å²) in [7, 11) is -4.43. The summed E-state index contributed by atoms with van der Waals surface area (Å²) in [5.74, 6) is -0.753. The number of halogens is 2. The minimum atomic E-state index is -4.43. The van der Waals surface area contributed by atoms with Crippen molar-refractivity contribution in [3.63, 3.8) is 0 Å². The maximum atomic E-state index is 13.1. The van der Waals surface area contributed by atoms with Crippen LogP contribution in [0.5, 0.6) is 5.19 Å². The molecule has 0 amide bonds. The van der Waals surface area contributed by atoms with Crippen LogP contribution in [0.3, 0.4) is 0 Å². The molecular weight excluding hydrogens is 386 g/mol. The highest BCUT2D eigenvalue weighted by Gasteiger charge is 2.42. The minimum Gasteiger partial charge on any atom is -0.505 e. The van der Waals surface area contributed by atoms with Crippen LogP contribution in [0, 0.1) is 6.92 Å². The zero-order chi connectivity index (χ0) is 19.1. The second kappa shape index (κ2) is 6.84. The lowest BCUT2D eigenvalue weighted by molar-refractivity contribution is 0.159. The zero-order valence-electron chi connectivity index (χ0n) is 13.9. The molecule has 0 fully saturated rings. The van der Waals surface area contributed by atoms with Crippen LogP contribution in [0.25, 0.3) is 10.7 Å². The molecule has 3 rings (SSSR count). The SMILES string of the molecule is CCOc1nc2c(s1)C(O)=C(c1ccccc1C)S(=O)(=O)N2CC(F)F. The van der Waals surface area contributed by atoms with Crippen LogP contribution in [-0.2, 0) is 10.0 Å². The van der Waals surface area contributed by atoms with Crippen LogP contribution in [0.4, 0.5) is 14.6 Å². The average Bonchev–Trinajstić information content (AvgIpc) is 2.97. The zero-order valence-corrected chi connectivity index (χ0v) is 15.6. The lowest BCUT2D eigenvalue weighted by Gasteiger charge is -2.29. The van der Waals surface area contributed by atoms with Crippen LogP contribution in [-0.4, -0.2) is 38.1 Å². The lowest BCUT2D eigenvalue weighted by atomic mass is 10.1. The second-order valence-corrected chi connectivity index (χ2v) is 8.25. The van der Waals surface area contributed by atoms with Crippen molar-refractivity contribution in [1.29, 1.82) is 0 Å². The molecule has 1 aliphatic rings. The first-order valence-corrected chi connectivity index (χ1v) is 9.97. The molecule has 140 valence electrons. The summed E-state index contributed by atoms with van der Waals surface area (Å²) in [5, 5.41) is 10.8. The highest BCUT2D eigenvalue weighted by Crippen LogP contribution is 2.47. The number of aromatic nitrogens is 1. The van der Waals surface area contributed by atoms with Crippen LogP contribution >= 0.6 is 11.3 Å². The van der Waals surface area contributed by atoms with Gasteiger partial charge in [0.05, 0.1) is 13.2 Å². The number of thiazole rings is 1. The molecule has 1 aromatic heterocycles. The Kier molecular flexibility index (Phi) is 4.89. The maximum Gasteiger partial charge on any atom is 0.275 e. The van der Waals surface area contributed by atoms with Crippen molar-refractivity contribution < 1.29 is 27.0 Å². The third-order valence-electron chi connectivity index (χ3n) is 3.77. The number of hydrogen-bond donors (Lipinski definition) is 1. The molecule has 1 N–H and O–H groups in total. The van der Waals surface area contributed by atoms with Gasteiger partial charge in [0.15, 0.2) is 11.6 Å². The van der Waals surface area contributed by atoms with Gasteiger partial charge in [-0.25, -0.2) is 21.5 Å². The summed E-state index contributed by atoms with van der Waals surface area (Å²) in [4.78, 5) is 3.67. The number of hydrogen-bond acceptors (Lipinski definition) is 6. The molecule has 0 radical (unpaired) electrons. The summed E-state index contributed by atoms with van der Waals surface area (Å²) in [6.45, 7) is 2.59. The van der Waals surface area contributed by atoms with Gasteiger partial charge in [0.25, 0.3) is 21.6 Å². The summed E-state index contributed by atoms with van der Waals surface area (Å²) >= 11 is 0.912. The number of sulfonamides is 1. The molecule has 2 aromatic rings. The van der Waals surface area contributed by atoms with Gasteiger partial charge in [-0.15, -0.1) is 0 Å². The predicted octanol–water partition coefficient (Wildman–Crippen LogP) is 3.65. The second-order valence-electron chi connectivity index (χ2n) is 5.49. The van der Waals surface area contributed by atoms with Crippen molar-refractivity contribution in [2.24, 2.45) is 0 Å². The molecule has 0 aliphatic carbocycles. The highest BCUT2D eigenvalue weighted by atomic mass is 32.2. The third-order valence-corrected chi connectivity index (χ3v) is 6.56. The van der Waals surface area contributed by atoms with Crippen LogP contribution < -0.4 is 9.04 Å². The number of benzene rings is 1. The molecule has 2 heterocycles. The van der Waals surface area contributed by atoms with Gasteiger partial charge in [0, 0.05) is 5.56 Å². The Bertz CT molecular complexity index is 970. The molecule has 0 saturated carbocycles. The van der Waals surface area contributed by atoms with Crippen molar-refractivity contribution in [1.82, 2.24) is 4.98 Å². The molecule has 0 unspecified atom stereocenters. The Balaban J connectivity index is 2.29. The standard InChI is InChI=1S/C16H16F2N2O4S2/c1-3-24-16-19-15-13(25-16)12(21)14(10-7-5-4-6-9(10)2)26(22,23)20(15)8-11(17)18/h4-7,11,21H,3,8H2,1-2H3. The normalized spacial score (nSPS) is 16.1. The fourth-order valence-electron chi connectivity index (χ4n) is 2.65. The molecule has 0 bridgehead atoms. The van der Waals surface area contributed by atoms with Crippen LogP contribution in [0.15, 0.2) is 24.3 Å². The number of ether oxygens (including phenoxy) is 1. The number of aryl methyl sites for hydroxylation is 1. The van der Waals surface area contributed by atoms with Gasteiger partial charge >= 0.3 is 0 Å². The van der Waals surface area contributed by atoms with Gasteiger partial charge in [-0.1, -0.05) is 35.6 Å². The van der Waals surface area contributed by atoms with E-state index in [-0.39, 0.29) is 28.1 Å². The number of aliphatic hydroxyl groups is 1. The van der Waals surface area contributed by atoms with E-state index in [9.17, 15) is 22.3 Å². The molecule has 26 heavy (non-hydrogen) atoms. The van der Waals surface area contributed by atoms with Crippen LogP contribution in [0.1, 0.15) is 22.9 Å². The lowest BCUT2D eigenvalue weighted by Crippen LogP contribution is -2.38. The predicted molar refractivity (Wildman–Crippen MR) is 96.2 cm³/mol. The first-order chi connectivity index (χ1) is 12.3. The summed E-state index contributed by atoms with van der Waals surface area (Å²) in [5.41, 5.74) is 0.842. The minimum absolute atomic E-state index is 0.0854. The number of rotatable bonds is 5. The first kappa shape index (κ1) is 18.6. The first-order valence-electron chi connectivity index (χ1n) is 7.71. The summed E-state index contributed by atoms with van der Waals surface area (Å²) in [6.07, 6.45) is -2.91. The van der Waals surface area contributed by atoms with Gasteiger partial charge in [-0.05, 0) is 19.4 Å². The quantitative estimate of drug-likeness (QED) is 0.826. The van der Waals surface area contributed by atoms with Crippen molar-refractivity contribution in [2.45, 2.75) is 20.3 Å². The fraction of sp³-hybridized carbons (Fsp3) is 0.312. The van der Waals surface area contributed by atoms with E-state index in [1.165, 1.54) is 6.07 Å². The molecule has 0 atom stereocenters. The van der Waals surface area contributed by atoms with E-state index in [0.29, 0.717) is 9.87 Å². The van der Waals surface area contributed by atoms with Crippen molar-refractivity contribution >= 4 is 37.8 Å². The van der Waals surface area contributed by atoms with Crippen molar-refractivity contribution in [2.75, 3.05) is 17.5 Å². The number of nitrogens with zero attached hydrogens (tertiary/aromatic N) is 2. The number of anilines is 1. The molecule has 0 saturated heterocycles. The molecule has 1 aliphatic heterocycles. The largest absolute Gasteiger partial charge is 0.505 e. The van der Waals surface area contributed by atoms with Crippen LogP contribution in [0.2, 0.25) is 0 Å². The van der Waals surface area contributed by atoms with Crippen molar-refractivity contribution in [3.8, 4) is 5.19 Å². The molecule has 6 nitrogen and oxygen atoms in total. The van der Waals surface area contributed by atoms with E-state index in [0.717, 1.165) is 11.3 Å². The average molecular weight is 402 g/mol. The smallest absolute Gasteiger partial charge is 0.275 e. The monoisotopic (exact) mass is 402 g/mol. The number of alkyl halides is 2. The van der Waals surface area contributed by atoms with E-state index < -0.39 is 33.7 Å². The van der Waals surface area contributed by atoms with E-state index >= 15 is 0 Å². The molecular formula is C16H16F2N2O4S2. The third kappa shape index (κ3) is 3.03. The topological polar surface area (TPSA) is 79.7 Å². The fourth-order valence-corrected chi connectivity index (χ4v) is 5.45. The Morgan fingerprint density at radius 2 is 2.04 bits per heavy atom. The summed E-state index contributed by atoms with van der Waals surface area (Å²) in [6, 6.07) is 6.53. The van der Waals surface area contributed by atoms with Gasteiger partial charge in [0.1, 0.15) is 9.78 Å². The van der Waals surface area contributed by atoms with Gasteiger partial charge < -0.3 is 9.84 Å². The van der Waals surface area contributed by atoms with E-state index in [1.54, 1.807) is 32.0 Å². The number of aliphatic hydroxyl groups excluding tert-OH is 1. The highest BCUT2D eigenvalue weighted by molar-refractivity contribution is 8.02. The Labute approximate surface area is 153 Å². The summed E-state index contributed by atoms with van der Waals surface area (Å²) < 4.78 is 58.0. The van der Waals surface area contributed by atoms with E-state index in [2.05, 4.69) is 4.98 Å². The van der Waals surface area contributed by atoms with E-state index in [1.807, 2.05) is 0 Å². The molecule has 0 spiro atoms. The van der Waals surface area contributed by atoms with Gasteiger partial charge in [-0.2, -0.15) is 4.98 Å². The number of fused-ring (bicyclic) bond motifs is 1. The Morgan fingerprint density at radius 3 is 2.65 bits per heavy atom. The Hall–Kier alpha value is -2.20. The van der Waals surface area contributed by atoms with Gasteiger partial charge in [0.2, 0.25) is 0 Å². The van der Waals surface area contributed by atoms with E-state index in [4.69, 9.17) is 4.74 Å². The molecule has 1 aromatic carbocycles. The molecule has 10 heteroatoms. The van der Waals surface area contributed by atoms with Gasteiger partial charge in [-0.3, -0.25) is 0 Å². The Morgan fingerprint density at radius 1 is 1.35 bits per heavy atom.